The number of rotatable bonds is 4. The normalized spacial score (nSPS) is 13.2. The van der Waals surface area contributed by atoms with Crippen molar-refractivity contribution in [2.75, 3.05) is 16.8 Å². The molecule has 5 rings (SSSR count). The Hall–Kier alpha value is -3.41. The van der Waals surface area contributed by atoms with Gasteiger partial charge in [-0.15, -0.1) is 0 Å². The van der Waals surface area contributed by atoms with Gasteiger partial charge in [-0.1, -0.05) is 48.5 Å². The van der Waals surface area contributed by atoms with Crippen molar-refractivity contribution in [2.45, 2.75) is 13.0 Å². The first-order valence-corrected chi connectivity index (χ1v) is 8.74. The van der Waals surface area contributed by atoms with Gasteiger partial charge in [-0.3, -0.25) is 5.10 Å². The van der Waals surface area contributed by atoms with Crippen molar-refractivity contribution in [3.05, 3.63) is 71.9 Å². The molecule has 0 amide bonds. The number of hydrogen-bond acceptors (Lipinski definition) is 5. The Morgan fingerprint density at radius 1 is 0.962 bits per heavy atom. The molecule has 128 valence electrons. The Morgan fingerprint density at radius 3 is 2.54 bits per heavy atom. The highest BCUT2D eigenvalue weighted by molar-refractivity contribution is 5.94. The van der Waals surface area contributed by atoms with Crippen LogP contribution in [-0.2, 0) is 13.0 Å². The van der Waals surface area contributed by atoms with Gasteiger partial charge in [0, 0.05) is 25.2 Å². The summed E-state index contributed by atoms with van der Waals surface area (Å²) in [5.74, 6) is 1.50. The molecule has 0 radical (unpaired) electrons. The number of nitrogens with zero attached hydrogens (tertiary/aromatic N) is 4. The molecule has 0 saturated carbocycles. The smallest absolute Gasteiger partial charge is 0.227 e. The third kappa shape index (κ3) is 2.56. The van der Waals surface area contributed by atoms with Crippen molar-refractivity contribution in [1.82, 2.24) is 20.2 Å². The summed E-state index contributed by atoms with van der Waals surface area (Å²) < 4.78 is 0. The number of anilines is 3. The standard InChI is InChI=1S/C20H18N6/c1-3-7-14(8-4-1)13-21-20-22-18-17-16(24-25-18)11-12-26(19(17)23-20)15-9-5-2-6-10-15/h1-10H,11-13H2,(H2,21,22,23,24,25). The summed E-state index contributed by atoms with van der Waals surface area (Å²) >= 11 is 0. The lowest BCUT2D eigenvalue weighted by Gasteiger charge is -2.28. The molecule has 1 aliphatic rings. The predicted octanol–water partition coefficient (Wildman–Crippen LogP) is 3.66. The van der Waals surface area contributed by atoms with Crippen molar-refractivity contribution in [3.63, 3.8) is 0 Å². The molecule has 2 aromatic heterocycles. The highest BCUT2D eigenvalue weighted by Crippen LogP contribution is 2.35. The van der Waals surface area contributed by atoms with E-state index in [2.05, 4.69) is 49.7 Å². The van der Waals surface area contributed by atoms with Crippen LogP contribution < -0.4 is 10.2 Å². The van der Waals surface area contributed by atoms with Crippen molar-refractivity contribution >= 4 is 28.5 Å². The highest BCUT2D eigenvalue weighted by Gasteiger charge is 2.25. The minimum Gasteiger partial charge on any atom is -0.350 e. The summed E-state index contributed by atoms with van der Waals surface area (Å²) in [6.45, 7) is 1.54. The number of hydrogen-bond donors (Lipinski definition) is 2. The molecule has 6 nitrogen and oxygen atoms in total. The van der Waals surface area contributed by atoms with Crippen LogP contribution in [0.5, 0.6) is 0 Å². The number of para-hydroxylation sites is 1. The molecule has 2 N–H and O–H groups in total. The highest BCUT2D eigenvalue weighted by atomic mass is 15.3. The van der Waals surface area contributed by atoms with E-state index in [-0.39, 0.29) is 0 Å². The Morgan fingerprint density at radius 2 is 1.73 bits per heavy atom. The van der Waals surface area contributed by atoms with Crippen LogP contribution in [0.15, 0.2) is 60.7 Å². The van der Waals surface area contributed by atoms with E-state index < -0.39 is 0 Å². The first-order chi connectivity index (χ1) is 12.9. The van der Waals surface area contributed by atoms with Crippen LogP contribution in [-0.4, -0.2) is 26.7 Å². The van der Waals surface area contributed by atoms with E-state index in [1.165, 1.54) is 5.56 Å². The van der Waals surface area contributed by atoms with Gasteiger partial charge in [0.05, 0.1) is 11.1 Å². The molecular weight excluding hydrogens is 324 g/mol. The first-order valence-electron chi connectivity index (χ1n) is 8.74. The van der Waals surface area contributed by atoms with Crippen LogP contribution in [0.4, 0.5) is 17.5 Å². The fourth-order valence-electron chi connectivity index (χ4n) is 3.39. The lowest BCUT2D eigenvalue weighted by molar-refractivity contribution is 0.850. The van der Waals surface area contributed by atoms with Gasteiger partial charge in [-0.05, 0) is 17.7 Å². The number of benzene rings is 2. The average Bonchev–Trinajstić information content (AvgIpc) is 3.12. The second kappa shape index (κ2) is 6.15. The third-order valence-electron chi connectivity index (χ3n) is 4.67. The lowest BCUT2D eigenvalue weighted by Crippen LogP contribution is -2.25. The van der Waals surface area contributed by atoms with Gasteiger partial charge < -0.3 is 10.2 Å². The van der Waals surface area contributed by atoms with Crippen molar-refractivity contribution < 1.29 is 0 Å². The second-order valence-electron chi connectivity index (χ2n) is 6.35. The Labute approximate surface area is 150 Å². The summed E-state index contributed by atoms with van der Waals surface area (Å²) in [7, 11) is 0. The topological polar surface area (TPSA) is 69.7 Å². The van der Waals surface area contributed by atoms with E-state index in [0.29, 0.717) is 18.1 Å². The Balaban J connectivity index is 1.54. The van der Waals surface area contributed by atoms with Crippen LogP contribution in [0.1, 0.15) is 11.3 Å². The number of aromatic nitrogens is 4. The van der Waals surface area contributed by atoms with E-state index in [9.17, 15) is 0 Å². The predicted molar refractivity (Wildman–Crippen MR) is 103 cm³/mol. The van der Waals surface area contributed by atoms with Gasteiger partial charge in [0.15, 0.2) is 5.65 Å². The summed E-state index contributed by atoms with van der Waals surface area (Å²) in [6.07, 6.45) is 0.901. The zero-order chi connectivity index (χ0) is 17.3. The second-order valence-corrected chi connectivity index (χ2v) is 6.35. The van der Waals surface area contributed by atoms with Crippen LogP contribution in [0.3, 0.4) is 0 Å². The molecule has 0 aliphatic carbocycles. The van der Waals surface area contributed by atoms with Crippen LogP contribution >= 0.6 is 0 Å². The first kappa shape index (κ1) is 14.9. The quantitative estimate of drug-likeness (QED) is 0.592. The van der Waals surface area contributed by atoms with Crippen molar-refractivity contribution in [2.24, 2.45) is 0 Å². The SMILES string of the molecule is c1ccc(CNc2nc3c4c([nH]nc4n2)CCN3c2ccccc2)cc1. The maximum atomic E-state index is 4.82. The zero-order valence-corrected chi connectivity index (χ0v) is 14.2. The molecule has 0 bridgehead atoms. The molecule has 0 saturated heterocycles. The monoisotopic (exact) mass is 342 g/mol. The Kier molecular flexibility index (Phi) is 3.52. The van der Waals surface area contributed by atoms with Gasteiger partial charge in [-0.25, -0.2) is 0 Å². The van der Waals surface area contributed by atoms with Crippen LogP contribution in [0.25, 0.3) is 11.0 Å². The molecule has 4 aromatic rings. The molecule has 0 fully saturated rings. The van der Waals surface area contributed by atoms with Gasteiger partial charge in [0.2, 0.25) is 5.95 Å². The zero-order valence-electron chi connectivity index (χ0n) is 14.2. The molecular formula is C20H18N6. The fourth-order valence-corrected chi connectivity index (χ4v) is 3.39. The number of H-pyrrole nitrogens is 1. The lowest BCUT2D eigenvalue weighted by atomic mass is 10.1. The minimum absolute atomic E-state index is 0.595. The van der Waals surface area contributed by atoms with Crippen LogP contribution in [0, 0.1) is 0 Å². The van der Waals surface area contributed by atoms with E-state index >= 15 is 0 Å². The molecule has 0 unspecified atom stereocenters. The summed E-state index contributed by atoms with van der Waals surface area (Å²) in [6, 6.07) is 20.6. The maximum Gasteiger partial charge on any atom is 0.227 e. The third-order valence-corrected chi connectivity index (χ3v) is 4.67. The molecule has 1 aliphatic heterocycles. The average molecular weight is 342 g/mol. The molecule has 3 heterocycles. The molecule has 2 aromatic carbocycles. The van der Waals surface area contributed by atoms with E-state index in [0.717, 1.165) is 35.6 Å². The number of nitrogens with one attached hydrogen (secondary N) is 2. The number of aromatic amines is 1. The van der Waals surface area contributed by atoms with E-state index in [4.69, 9.17) is 4.98 Å². The van der Waals surface area contributed by atoms with Gasteiger partial charge in [0.25, 0.3) is 0 Å². The summed E-state index contributed by atoms with van der Waals surface area (Å²) in [4.78, 5) is 11.6. The molecule has 26 heavy (non-hydrogen) atoms. The maximum absolute atomic E-state index is 4.82. The molecule has 0 spiro atoms. The summed E-state index contributed by atoms with van der Waals surface area (Å²) in [5, 5.41) is 11.9. The van der Waals surface area contributed by atoms with Gasteiger partial charge >= 0.3 is 0 Å². The van der Waals surface area contributed by atoms with Crippen LogP contribution in [0.2, 0.25) is 0 Å². The van der Waals surface area contributed by atoms with E-state index in [1.807, 2.05) is 36.4 Å². The van der Waals surface area contributed by atoms with Crippen molar-refractivity contribution in [3.8, 4) is 0 Å². The fraction of sp³-hybridized carbons (Fsp3) is 0.150. The van der Waals surface area contributed by atoms with E-state index in [1.54, 1.807) is 0 Å². The largest absolute Gasteiger partial charge is 0.350 e. The molecule has 6 heteroatoms. The van der Waals surface area contributed by atoms with Gasteiger partial charge in [0.1, 0.15) is 5.82 Å². The van der Waals surface area contributed by atoms with Gasteiger partial charge in [-0.2, -0.15) is 15.1 Å². The Bertz CT molecular complexity index is 1040. The van der Waals surface area contributed by atoms with Crippen molar-refractivity contribution in [1.29, 1.82) is 0 Å². The summed E-state index contributed by atoms with van der Waals surface area (Å²) in [5.41, 5.74) is 4.14. The minimum atomic E-state index is 0.595. The molecule has 0 atom stereocenters.